The van der Waals surface area contributed by atoms with E-state index in [0.29, 0.717) is 28.3 Å². The first-order valence-corrected chi connectivity index (χ1v) is 12.8. The fraction of sp³-hybridized carbons (Fsp3) is 0.259. The van der Waals surface area contributed by atoms with Crippen LogP contribution < -0.4 is 4.74 Å². The summed E-state index contributed by atoms with van der Waals surface area (Å²) in [6, 6.07) is 20.9. The molecule has 0 saturated heterocycles. The van der Waals surface area contributed by atoms with E-state index in [-0.39, 0.29) is 23.6 Å². The summed E-state index contributed by atoms with van der Waals surface area (Å²) in [5.74, 6) is 0.873. The molecule has 192 valence electrons. The Balaban J connectivity index is 0.00000361. The smallest absolute Gasteiger partial charge is 0.135 e. The molecule has 1 heterocycles. The summed E-state index contributed by atoms with van der Waals surface area (Å²) in [6.45, 7) is 4.27. The molecule has 0 bridgehead atoms. The molecule has 0 aliphatic carbocycles. The van der Waals surface area contributed by atoms with Crippen LogP contribution in [-0.4, -0.2) is 35.1 Å². The van der Waals surface area contributed by atoms with Crippen LogP contribution in [0.4, 0.5) is 0 Å². The Kier molecular flexibility index (Phi) is 11.1. The Bertz CT molecular complexity index is 1160. The van der Waals surface area contributed by atoms with Crippen LogP contribution in [0, 0.1) is 6.92 Å². The number of benzene rings is 3. The second kappa shape index (κ2) is 13.8. The van der Waals surface area contributed by atoms with Gasteiger partial charge in [0.25, 0.3) is 0 Å². The van der Waals surface area contributed by atoms with Crippen molar-refractivity contribution in [2.24, 2.45) is 0 Å². The van der Waals surface area contributed by atoms with Crippen molar-refractivity contribution < 1.29 is 9.47 Å². The lowest BCUT2D eigenvalue weighted by Gasteiger charge is -2.31. The number of ether oxygens (including phenoxy) is 2. The number of nitrogens with zero attached hydrogens (tertiary/aromatic N) is 2. The van der Waals surface area contributed by atoms with Gasteiger partial charge in [-0.05, 0) is 60.0 Å². The fourth-order valence-electron chi connectivity index (χ4n) is 3.75. The van der Waals surface area contributed by atoms with Crippen molar-refractivity contribution in [2.45, 2.75) is 25.1 Å². The van der Waals surface area contributed by atoms with Crippen LogP contribution in [0.25, 0.3) is 0 Å². The maximum Gasteiger partial charge on any atom is 0.135 e. The Morgan fingerprint density at radius 1 is 0.917 bits per heavy atom. The van der Waals surface area contributed by atoms with Gasteiger partial charge in [0.2, 0.25) is 0 Å². The monoisotopic (exact) mass is 630 g/mol. The SMILES string of the molecule is Br.Cc1cccc(OCCN2C=CN(C(Cl)C(OCc3ccc(Cl)cc3Cl)c3ccc(Cl)cc3)C2)c1. The van der Waals surface area contributed by atoms with Crippen LogP contribution >= 0.6 is 63.4 Å². The van der Waals surface area contributed by atoms with Crippen LogP contribution in [-0.2, 0) is 11.3 Å². The zero-order valence-corrected chi connectivity index (χ0v) is 24.4. The van der Waals surface area contributed by atoms with Crippen molar-refractivity contribution in [1.29, 1.82) is 0 Å². The summed E-state index contributed by atoms with van der Waals surface area (Å²) in [6.07, 6.45) is 3.57. The normalized spacial score (nSPS) is 14.5. The van der Waals surface area contributed by atoms with E-state index in [1.807, 2.05) is 65.8 Å². The molecular weight excluding hydrogens is 606 g/mol. The van der Waals surface area contributed by atoms with Gasteiger partial charge in [0.1, 0.15) is 24.0 Å². The average Bonchev–Trinajstić information content (AvgIpc) is 3.30. The van der Waals surface area contributed by atoms with Gasteiger partial charge in [-0.15, -0.1) is 17.0 Å². The molecule has 0 amide bonds. The summed E-state index contributed by atoms with van der Waals surface area (Å²) in [7, 11) is 0. The molecule has 0 spiro atoms. The standard InChI is InChI=1S/C27H26Cl4N2O2.BrH/c1-19-3-2-4-24(15-19)34-14-13-32-11-12-33(18-32)27(31)26(20-5-8-22(28)9-6-20)35-17-21-7-10-23(29)16-25(21)30;/h2-12,15-16,26-27H,13-14,17-18H2,1H3;1H. The van der Waals surface area contributed by atoms with Gasteiger partial charge < -0.3 is 19.3 Å². The quantitative estimate of drug-likeness (QED) is 0.165. The third-order valence-corrected chi connectivity index (χ3v) is 6.97. The lowest BCUT2D eigenvalue weighted by Crippen LogP contribution is -2.36. The van der Waals surface area contributed by atoms with Crippen LogP contribution in [0.2, 0.25) is 15.1 Å². The van der Waals surface area contributed by atoms with Gasteiger partial charge >= 0.3 is 0 Å². The van der Waals surface area contributed by atoms with E-state index >= 15 is 0 Å². The van der Waals surface area contributed by atoms with E-state index < -0.39 is 11.6 Å². The van der Waals surface area contributed by atoms with Crippen molar-refractivity contribution in [2.75, 3.05) is 19.8 Å². The number of aryl methyl sites for hydroxylation is 1. The molecule has 0 fully saturated rings. The topological polar surface area (TPSA) is 24.9 Å². The summed E-state index contributed by atoms with van der Waals surface area (Å²) < 4.78 is 12.2. The van der Waals surface area contributed by atoms with Crippen LogP contribution in [0.5, 0.6) is 5.75 Å². The van der Waals surface area contributed by atoms with Gasteiger partial charge in [0.05, 0.1) is 19.8 Å². The zero-order chi connectivity index (χ0) is 24.8. The lowest BCUT2D eigenvalue weighted by molar-refractivity contribution is 0.00651. The molecule has 4 rings (SSSR count). The van der Waals surface area contributed by atoms with Gasteiger partial charge in [-0.2, -0.15) is 0 Å². The number of hydrogen-bond acceptors (Lipinski definition) is 4. The van der Waals surface area contributed by atoms with Crippen molar-refractivity contribution in [3.63, 3.8) is 0 Å². The third-order valence-electron chi connectivity index (χ3n) is 5.65. The zero-order valence-electron chi connectivity index (χ0n) is 19.6. The van der Waals surface area contributed by atoms with Gasteiger partial charge in [0.15, 0.2) is 0 Å². The fourth-order valence-corrected chi connectivity index (χ4v) is 4.69. The summed E-state index contributed by atoms with van der Waals surface area (Å²) in [5, 5.41) is 1.79. The van der Waals surface area contributed by atoms with Crippen molar-refractivity contribution >= 4 is 63.4 Å². The predicted molar refractivity (Wildman–Crippen MR) is 155 cm³/mol. The van der Waals surface area contributed by atoms with Crippen molar-refractivity contribution in [3.8, 4) is 5.75 Å². The first-order chi connectivity index (χ1) is 16.9. The van der Waals surface area contributed by atoms with Gasteiger partial charge in [-0.25, -0.2) is 0 Å². The Morgan fingerprint density at radius 3 is 2.39 bits per heavy atom. The highest BCUT2D eigenvalue weighted by atomic mass is 79.9. The maximum absolute atomic E-state index is 6.98. The third kappa shape index (κ3) is 7.95. The maximum atomic E-state index is 6.98. The van der Waals surface area contributed by atoms with E-state index in [2.05, 4.69) is 17.9 Å². The molecule has 1 aliphatic heterocycles. The summed E-state index contributed by atoms with van der Waals surface area (Å²) in [4.78, 5) is 4.19. The molecule has 4 nitrogen and oxygen atoms in total. The summed E-state index contributed by atoms with van der Waals surface area (Å²) in [5.41, 5.74) is 2.48. The molecule has 9 heteroatoms. The predicted octanol–water partition coefficient (Wildman–Crippen LogP) is 8.48. The summed E-state index contributed by atoms with van der Waals surface area (Å²) >= 11 is 25.5. The van der Waals surface area contributed by atoms with Crippen molar-refractivity contribution in [3.05, 3.63) is 111 Å². The second-order valence-corrected chi connectivity index (χ2v) is 10.0. The number of hydrogen-bond donors (Lipinski definition) is 0. The Morgan fingerprint density at radius 2 is 1.67 bits per heavy atom. The molecule has 0 radical (unpaired) electrons. The second-order valence-electron chi connectivity index (χ2n) is 8.32. The first kappa shape index (κ1) is 29.0. The average molecular weight is 633 g/mol. The van der Waals surface area contributed by atoms with E-state index in [1.54, 1.807) is 12.1 Å². The lowest BCUT2D eigenvalue weighted by atomic mass is 10.1. The highest BCUT2D eigenvalue weighted by molar-refractivity contribution is 8.93. The number of halogens is 5. The molecule has 0 aromatic heterocycles. The van der Waals surface area contributed by atoms with Crippen molar-refractivity contribution in [1.82, 2.24) is 9.80 Å². The largest absolute Gasteiger partial charge is 0.492 e. The molecular formula is C27H27BrCl4N2O2. The minimum Gasteiger partial charge on any atom is -0.492 e. The highest BCUT2D eigenvalue weighted by Gasteiger charge is 2.29. The molecule has 2 atom stereocenters. The van der Waals surface area contributed by atoms with Gasteiger partial charge in [0, 0.05) is 27.5 Å². The highest BCUT2D eigenvalue weighted by Crippen LogP contribution is 2.32. The molecule has 2 unspecified atom stereocenters. The van der Waals surface area contributed by atoms with Gasteiger partial charge in [-0.3, -0.25) is 0 Å². The minimum atomic E-state index is -0.457. The van der Waals surface area contributed by atoms with E-state index in [0.717, 1.165) is 23.4 Å². The number of alkyl halides is 1. The van der Waals surface area contributed by atoms with Crippen LogP contribution in [0.1, 0.15) is 22.8 Å². The van der Waals surface area contributed by atoms with Crippen LogP contribution in [0.3, 0.4) is 0 Å². The molecule has 1 aliphatic rings. The molecule has 0 N–H and O–H groups in total. The van der Waals surface area contributed by atoms with E-state index in [1.165, 1.54) is 5.56 Å². The van der Waals surface area contributed by atoms with Gasteiger partial charge in [-0.1, -0.05) is 76.7 Å². The first-order valence-electron chi connectivity index (χ1n) is 11.2. The Labute approximate surface area is 243 Å². The molecule has 3 aromatic carbocycles. The Hall–Kier alpha value is -1.60. The minimum absolute atomic E-state index is 0. The molecule has 36 heavy (non-hydrogen) atoms. The van der Waals surface area contributed by atoms with Crippen LogP contribution in [0.15, 0.2) is 79.1 Å². The molecule has 3 aromatic rings. The number of rotatable bonds is 10. The van der Waals surface area contributed by atoms with E-state index in [4.69, 9.17) is 55.9 Å². The van der Waals surface area contributed by atoms with E-state index in [9.17, 15) is 0 Å². The molecule has 0 saturated carbocycles.